The van der Waals surface area contributed by atoms with Gasteiger partial charge in [-0.05, 0) is 26.2 Å². The molecule has 1 aromatic heterocycles. The van der Waals surface area contributed by atoms with Crippen LogP contribution in [0.25, 0.3) is 0 Å². The van der Waals surface area contributed by atoms with E-state index in [1.54, 1.807) is 6.20 Å². The number of piperidine rings is 1. The van der Waals surface area contributed by atoms with Gasteiger partial charge in [-0.15, -0.1) is 4.28 Å². The lowest BCUT2D eigenvalue weighted by atomic mass is 10.0. The molecule has 166 valence electrons. The van der Waals surface area contributed by atoms with E-state index in [0.29, 0.717) is 17.9 Å². The average Bonchev–Trinajstić information content (AvgIpc) is 3.37. The van der Waals surface area contributed by atoms with Crippen molar-refractivity contribution >= 4 is 22.3 Å². The number of amides is 3. The third kappa shape index (κ3) is 4.27. The zero-order chi connectivity index (χ0) is 21.5. The van der Waals surface area contributed by atoms with E-state index < -0.39 is 34.4 Å². The number of rotatable bonds is 7. The maximum absolute atomic E-state index is 12.5. The highest BCUT2D eigenvalue weighted by Crippen LogP contribution is 2.30. The fraction of sp³-hybridized carbons (Fsp3) is 0.688. The van der Waals surface area contributed by atoms with Crippen LogP contribution in [0.3, 0.4) is 0 Å². The lowest BCUT2D eigenvalue weighted by Crippen LogP contribution is -2.50. The van der Waals surface area contributed by atoms with Crippen molar-refractivity contribution in [1.82, 2.24) is 30.3 Å². The third-order valence-corrected chi connectivity index (χ3v) is 6.06. The van der Waals surface area contributed by atoms with Crippen molar-refractivity contribution in [3.8, 4) is 0 Å². The molecule has 1 aromatic rings. The first-order valence-corrected chi connectivity index (χ1v) is 11.0. The maximum atomic E-state index is 12.5. The predicted octanol–water partition coefficient (Wildman–Crippen LogP) is -0.855. The van der Waals surface area contributed by atoms with Gasteiger partial charge < -0.3 is 14.8 Å². The van der Waals surface area contributed by atoms with Crippen LogP contribution in [0.2, 0.25) is 0 Å². The number of hydrogen-bond acceptors (Lipinski definition) is 8. The molecule has 0 aromatic carbocycles. The summed E-state index contributed by atoms with van der Waals surface area (Å²) in [6.07, 6.45) is 5.19. The summed E-state index contributed by atoms with van der Waals surface area (Å²) in [4.78, 5) is 35.7. The Labute approximate surface area is 173 Å². The van der Waals surface area contributed by atoms with Gasteiger partial charge in [-0.3, -0.25) is 14.2 Å². The van der Waals surface area contributed by atoms with E-state index >= 15 is 0 Å². The zero-order valence-electron chi connectivity index (χ0n) is 16.3. The number of carbonyl (C=O) groups is 2. The Morgan fingerprint density at radius 1 is 1.40 bits per heavy atom. The number of nitrogens with one attached hydrogen (secondary N) is 2. The predicted molar refractivity (Wildman–Crippen MR) is 99.9 cm³/mol. The van der Waals surface area contributed by atoms with E-state index in [0.717, 1.165) is 18.8 Å². The van der Waals surface area contributed by atoms with Gasteiger partial charge >= 0.3 is 16.4 Å². The van der Waals surface area contributed by atoms with Gasteiger partial charge in [-0.2, -0.15) is 13.5 Å². The van der Waals surface area contributed by atoms with Crippen molar-refractivity contribution in [2.24, 2.45) is 0 Å². The second kappa shape index (κ2) is 8.11. The summed E-state index contributed by atoms with van der Waals surface area (Å²) < 4.78 is 37.1. The quantitative estimate of drug-likeness (QED) is 0.360. The summed E-state index contributed by atoms with van der Waals surface area (Å²) in [6, 6.07) is -1.81. The topological polar surface area (TPSA) is 155 Å². The zero-order valence-corrected chi connectivity index (χ0v) is 17.1. The molecular weight excluding hydrogens is 420 g/mol. The van der Waals surface area contributed by atoms with E-state index in [1.165, 1.54) is 4.90 Å². The van der Waals surface area contributed by atoms with Gasteiger partial charge in [0.25, 0.3) is 5.91 Å². The fourth-order valence-corrected chi connectivity index (χ4v) is 4.68. The second-order valence-corrected chi connectivity index (χ2v) is 8.67. The van der Waals surface area contributed by atoms with Crippen LogP contribution in [-0.4, -0.2) is 82.2 Å². The summed E-state index contributed by atoms with van der Waals surface area (Å²) in [6.45, 7) is 3.11. The van der Waals surface area contributed by atoms with Gasteiger partial charge in [0.1, 0.15) is 11.9 Å². The summed E-state index contributed by atoms with van der Waals surface area (Å²) in [5, 5.41) is 3.94. The Bertz CT molecular complexity index is 921. The minimum atomic E-state index is -4.82. The van der Waals surface area contributed by atoms with Crippen molar-refractivity contribution in [3.63, 3.8) is 0 Å². The monoisotopic (exact) mass is 444 g/mol. The lowest BCUT2D eigenvalue weighted by Gasteiger charge is -2.29. The van der Waals surface area contributed by atoms with Crippen molar-refractivity contribution in [1.29, 1.82) is 0 Å². The third-order valence-electron chi connectivity index (χ3n) is 5.71. The van der Waals surface area contributed by atoms with E-state index in [1.807, 2.05) is 13.1 Å². The number of hydrogen-bond donors (Lipinski definition) is 3. The Kier molecular flexibility index (Phi) is 5.67. The highest BCUT2D eigenvalue weighted by Gasteiger charge is 2.49. The van der Waals surface area contributed by atoms with E-state index in [2.05, 4.69) is 24.6 Å². The molecule has 3 fully saturated rings. The number of aromatic nitrogens is 2. The molecule has 14 heteroatoms. The first-order valence-electron chi connectivity index (χ1n) is 9.64. The van der Waals surface area contributed by atoms with Crippen molar-refractivity contribution in [2.75, 3.05) is 19.7 Å². The molecule has 3 amide bonds. The van der Waals surface area contributed by atoms with E-state index in [-0.39, 0.29) is 25.2 Å². The van der Waals surface area contributed by atoms with Crippen LogP contribution in [0.5, 0.6) is 0 Å². The molecule has 0 radical (unpaired) electrons. The maximum Gasteiger partial charge on any atom is 0.418 e. The van der Waals surface area contributed by atoms with Crippen LogP contribution in [0.1, 0.15) is 31.1 Å². The van der Waals surface area contributed by atoms with Crippen molar-refractivity contribution in [2.45, 2.75) is 50.4 Å². The number of hydroxylamine groups is 3. The Morgan fingerprint density at radius 2 is 2.20 bits per heavy atom. The molecule has 4 rings (SSSR count). The molecule has 3 aliphatic rings. The Hall–Kier alpha value is -2.26. The fourth-order valence-electron chi connectivity index (χ4n) is 4.30. The summed E-state index contributed by atoms with van der Waals surface area (Å²) in [5.41, 5.74) is 2.39. The molecule has 4 heterocycles. The van der Waals surface area contributed by atoms with Gasteiger partial charge in [0.05, 0.1) is 12.6 Å². The first kappa shape index (κ1) is 21.0. The van der Waals surface area contributed by atoms with Gasteiger partial charge in [0.15, 0.2) is 0 Å². The molecular formula is C16H24N6O7S. The minimum Gasteiger partial charge on any atom is -0.331 e. The van der Waals surface area contributed by atoms with Crippen LogP contribution >= 0.6 is 0 Å². The molecule has 4 atom stereocenters. The minimum absolute atomic E-state index is 0.0555. The highest BCUT2D eigenvalue weighted by atomic mass is 32.3. The van der Waals surface area contributed by atoms with Crippen LogP contribution in [0, 0.1) is 6.92 Å². The SMILES string of the molecule is Cc1nccn1[C@@H]1CN[C@H](CONC(=O)[C@@H]2CC[C@@H]3CN2C(=O)N3OS(=O)(=O)O)C1. The number of carbonyl (C=O) groups excluding carboxylic acids is 2. The Balaban J connectivity index is 1.25. The van der Waals surface area contributed by atoms with Crippen LogP contribution in [0.4, 0.5) is 4.79 Å². The molecule has 13 nitrogen and oxygen atoms in total. The standard InChI is InChI=1S/C16H24N6O7S/c1-10-17-4-5-20(10)13-6-11(18-7-13)9-28-19-15(23)14-3-2-12-8-21(14)16(24)22(12)29-30(25,26)27/h4-5,11-14,18H,2-3,6-9H2,1H3,(H,19,23)(H,25,26,27)/t11-,12+,13-,14-/m0/s1. The molecule has 3 N–H and O–H groups in total. The normalized spacial score (nSPS) is 28.9. The molecule has 0 spiro atoms. The molecule has 3 aliphatic heterocycles. The van der Waals surface area contributed by atoms with Crippen LogP contribution < -0.4 is 10.8 Å². The molecule has 30 heavy (non-hydrogen) atoms. The molecule has 0 aliphatic carbocycles. The Morgan fingerprint density at radius 3 is 2.90 bits per heavy atom. The number of urea groups is 1. The smallest absolute Gasteiger partial charge is 0.331 e. The summed E-state index contributed by atoms with van der Waals surface area (Å²) >= 11 is 0. The highest BCUT2D eigenvalue weighted by molar-refractivity contribution is 7.80. The van der Waals surface area contributed by atoms with Gasteiger partial charge in [0, 0.05) is 37.6 Å². The van der Waals surface area contributed by atoms with E-state index in [4.69, 9.17) is 9.39 Å². The number of fused-ring (bicyclic) bond motifs is 2. The molecule has 0 unspecified atom stereocenters. The van der Waals surface area contributed by atoms with Crippen LogP contribution in [-0.2, 0) is 24.3 Å². The number of nitrogens with zero attached hydrogens (tertiary/aromatic N) is 4. The summed E-state index contributed by atoms with van der Waals surface area (Å²) in [7, 11) is -4.82. The van der Waals surface area contributed by atoms with Crippen LogP contribution in [0.15, 0.2) is 12.4 Å². The molecule has 2 bridgehead atoms. The largest absolute Gasteiger partial charge is 0.418 e. The average molecular weight is 444 g/mol. The van der Waals surface area contributed by atoms with E-state index in [9.17, 15) is 18.0 Å². The van der Waals surface area contributed by atoms with Crippen molar-refractivity contribution in [3.05, 3.63) is 18.2 Å². The van der Waals surface area contributed by atoms with Gasteiger partial charge in [-0.25, -0.2) is 15.3 Å². The number of imidazole rings is 1. The van der Waals surface area contributed by atoms with Gasteiger partial charge in [-0.1, -0.05) is 0 Å². The molecule has 0 saturated carbocycles. The first-order chi connectivity index (χ1) is 14.2. The summed E-state index contributed by atoms with van der Waals surface area (Å²) in [5.74, 6) is 0.449. The van der Waals surface area contributed by atoms with Crippen molar-refractivity contribution < 1.29 is 31.7 Å². The van der Waals surface area contributed by atoms with Gasteiger partial charge in [0.2, 0.25) is 0 Å². The second-order valence-electron chi connectivity index (χ2n) is 7.66. The molecule has 3 saturated heterocycles. The lowest BCUT2D eigenvalue weighted by molar-refractivity contribution is -0.139. The number of aryl methyl sites for hydroxylation is 1.